The Hall–Kier alpha value is -1.89. The van der Waals surface area contributed by atoms with Gasteiger partial charge in [0.2, 0.25) is 0 Å². The van der Waals surface area contributed by atoms with Gasteiger partial charge in [-0.2, -0.15) is 12.2 Å². The standard InChI is InChI=1S/C18H15.C5H5.Ti.2H/c1-3-9-15(10-4-1)18(17-13-7-8-14-17)16-11-5-2-6-12-16;1-2-4-5-3-1;;;/h1-7,9-13,18H,8H2;1-3H,4H2;;;/q2*-1;+4;2*-1. The van der Waals surface area contributed by atoms with Gasteiger partial charge >= 0.3 is 21.7 Å². The molecule has 0 fully saturated rings. The van der Waals surface area contributed by atoms with Crippen LogP contribution >= 0.6 is 0 Å². The van der Waals surface area contributed by atoms with Gasteiger partial charge in [0, 0.05) is 5.92 Å². The van der Waals surface area contributed by atoms with Crippen molar-refractivity contribution in [3.05, 3.63) is 120 Å². The minimum atomic E-state index is 0. The summed E-state index contributed by atoms with van der Waals surface area (Å²) < 4.78 is 0. The Balaban J connectivity index is 0.000000685. The van der Waals surface area contributed by atoms with E-state index in [1.807, 2.05) is 12.2 Å². The molecule has 2 aromatic rings. The Morgan fingerprint density at radius 1 is 0.792 bits per heavy atom. The van der Waals surface area contributed by atoms with Crippen LogP contribution in [0.2, 0.25) is 0 Å². The molecule has 0 bridgehead atoms. The zero-order valence-electron chi connectivity index (χ0n) is 15.7. The van der Waals surface area contributed by atoms with Crippen LogP contribution < -0.4 is 0 Å². The molecule has 0 amide bonds. The topological polar surface area (TPSA) is 0 Å². The van der Waals surface area contributed by atoms with E-state index < -0.39 is 0 Å². The van der Waals surface area contributed by atoms with Crippen LogP contribution in [0.5, 0.6) is 0 Å². The van der Waals surface area contributed by atoms with Crippen molar-refractivity contribution in [1.29, 1.82) is 0 Å². The normalized spacial score (nSPS) is 14.1. The molecule has 24 heavy (non-hydrogen) atoms. The molecule has 0 saturated carbocycles. The molecular formula is C23H22Ti. The van der Waals surface area contributed by atoms with Crippen LogP contribution in [-0.2, 0) is 21.7 Å². The fourth-order valence-corrected chi connectivity index (χ4v) is 2.80. The number of rotatable bonds is 3. The number of hydrogen-bond donors (Lipinski definition) is 0. The molecule has 0 aliphatic heterocycles. The molecule has 2 aromatic carbocycles. The SMILES string of the molecule is [C-]1=C(C(c2ccccc2)c2ccccc2)C=CC1.[C-]1=CC=CC1.[H-].[H-].[Ti+4]. The van der Waals surface area contributed by atoms with Gasteiger partial charge in [0.25, 0.3) is 0 Å². The summed E-state index contributed by atoms with van der Waals surface area (Å²) in [5.41, 5.74) is 3.95. The number of hydrogen-bond acceptors (Lipinski definition) is 0. The maximum Gasteiger partial charge on any atom is 4.00 e. The van der Waals surface area contributed by atoms with Gasteiger partial charge in [0.1, 0.15) is 0 Å². The fourth-order valence-electron chi connectivity index (χ4n) is 2.80. The van der Waals surface area contributed by atoms with Crippen molar-refractivity contribution in [3.63, 3.8) is 0 Å². The van der Waals surface area contributed by atoms with Gasteiger partial charge < -0.3 is 2.85 Å². The minimum Gasteiger partial charge on any atom is -1.00 e. The van der Waals surface area contributed by atoms with Crippen molar-refractivity contribution in [2.45, 2.75) is 18.8 Å². The first-order valence-electron chi connectivity index (χ1n) is 8.04. The first-order valence-corrected chi connectivity index (χ1v) is 8.04. The molecule has 2 aliphatic rings. The van der Waals surface area contributed by atoms with Crippen molar-refractivity contribution < 1.29 is 24.6 Å². The summed E-state index contributed by atoms with van der Waals surface area (Å²) in [7, 11) is 0. The van der Waals surface area contributed by atoms with Crippen LogP contribution in [0, 0.1) is 12.2 Å². The summed E-state index contributed by atoms with van der Waals surface area (Å²) >= 11 is 0. The van der Waals surface area contributed by atoms with Crippen LogP contribution in [0.4, 0.5) is 0 Å². The number of benzene rings is 2. The zero-order chi connectivity index (χ0) is 15.7. The molecule has 0 N–H and O–H groups in total. The Morgan fingerprint density at radius 2 is 1.42 bits per heavy atom. The monoisotopic (exact) mass is 346 g/mol. The third-order valence-electron chi connectivity index (χ3n) is 3.88. The van der Waals surface area contributed by atoms with Crippen molar-refractivity contribution in [3.8, 4) is 0 Å². The van der Waals surface area contributed by atoms with E-state index in [1.165, 1.54) is 16.7 Å². The smallest absolute Gasteiger partial charge is 1.00 e. The maximum absolute atomic E-state index is 3.46. The van der Waals surface area contributed by atoms with Crippen LogP contribution in [-0.4, -0.2) is 0 Å². The van der Waals surface area contributed by atoms with Gasteiger partial charge in [0.05, 0.1) is 0 Å². The van der Waals surface area contributed by atoms with Crippen LogP contribution in [0.15, 0.2) is 96.6 Å². The Morgan fingerprint density at radius 3 is 1.79 bits per heavy atom. The van der Waals surface area contributed by atoms with Gasteiger partial charge in [-0.3, -0.25) is 12.2 Å². The van der Waals surface area contributed by atoms with E-state index in [4.69, 9.17) is 0 Å². The molecule has 1 heteroatoms. The molecule has 118 valence electrons. The van der Waals surface area contributed by atoms with Crippen molar-refractivity contribution in [2.24, 2.45) is 0 Å². The van der Waals surface area contributed by atoms with Crippen molar-refractivity contribution in [2.75, 3.05) is 0 Å². The van der Waals surface area contributed by atoms with Crippen LogP contribution in [0.1, 0.15) is 32.7 Å². The van der Waals surface area contributed by atoms with E-state index in [-0.39, 0.29) is 24.6 Å². The summed E-state index contributed by atoms with van der Waals surface area (Å²) in [5.74, 6) is 0.311. The van der Waals surface area contributed by atoms with E-state index >= 15 is 0 Å². The summed E-state index contributed by atoms with van der Waals surface area (Å²) in [4.78, 5) is 0. The molecular weight excluding hydrogens is 324 g/mol. The van der Waals surface area contributed by atoms with Gasteiger partial charge in [-0.15, -0.1) is 12.8 Å². The molecule has 0 atom stereocenters. The summed E-state index contributed by atoms with van der Waals surface area (Å²) in [6.07, 6.45) is 18.8. The Kier molecular flexibility index (Phi) is 7.75. The molecule has 0 unspecified atom stereocenters. The quantitative estimate of drug-likeness (QED) is 0.470. The van der Waals surface area contributed by atoms with E-state index in [0.717, 1.165) is 12.8 Å². The number of allylic oxidation sites excluding steroid dienone is 8. The van der Waals surface area contributed by atoms with E-state index in [2.05, 4.69) is 91.0 Å². The summed E-state index contributed by atoms with van der Waals surface area (Å²) in [6.45, 7) is 0. The molecule has 0 heterocycles. The average Bonchev–Trinajstić information content (AvgIpc) is 3.34. The van der Waals surface area contributed by atoms with Gasteiger partial charge in [-0.1, -0.05) is 60.7 Å². The predicted molar refractivity (Wildman–Crippen MR) is 99.0 cm³/mol. The molecule has 2 aliphatic carbocycles. The zero-order valence-corrected chi connectivity index (χ0v) is 15.2. The van der Waals surface area contributed by atoms with Crippen LogP contribution in [0.25, 0.3) is 0 Å². The first-order chi connectivity index (χ1) is 11.4. The predicted octanol–water partition coefficient (Wildman–Crippen LogP) is 6.04. The Labute approximate surface area is 163 Å². The second-order valence-electron chi connectivity index (χ2n) is 5.50. The largest absolute Gasteiger partial charge is 4.00 e. The van der Waals surface area contributed by atoms with E-state index in [0.29, 0.717) is 5.92 Å². The molecule has 0 spiro atoms. The third-order valence-corrected chi connectivity index (χ3v) is 3.88. The van der Waals surface area contributed by atoms with Gasteiger partial charge in [-0.05, 0) is 11.1 Å². The average molecular weight is 346 g/mol. The second kappa shape index (κ2) is 10.1. The molecule has 0 nitrogen and oxygen atoms in total. The van der Waals surface area contributed by atoms with Crippen LogP contribution in [0.3, 0.4) is 0 Å². The van der Waals surface area contributed by atoms with Gasteiger partial charge in [0.15, 0.2) is 0 Å². The fraction of sp³-hybridized carbons (Fsp3) is 0.130. The summed E-state index contributed by atoms with van der Waals surface area (Å²) in [5, 5.41) is 0. The molecule has 0 aromatic heterocycles. The third kappa shape index (κ3) is 5.06. The van der Waals surface area contributed by atoms with Crippen molar-refractivity contribution >= 4 is 0 Å². The Bertz CT molecular complexity index is 682. The van der Waals surface area contributed by atoms with Gasteiger partial charge in [-0.25, -0.2) is 23.8 Å². The molecule has 0 saturated heterocycles. The molecule has 0 radical (unpaired) electrons. The second-order valence-corrected chi connectivity index (χ2v) is 5.50. The maximum atomic E-state index is 3.46. The van der Waals surface area contributed by atoms with E-state index in [1.54, 1.807) is 0 Å². The first kappa shape index (κ1) is 18.5. The van der Waals surface area contributed by atoms with E-state index in [9.17, 15) is 0 Å². The molecule has 4 rings (SSSR count). The summed E-state index contributed by atoms with van der Waals surface area (Å²) in [6, 6.07) is 21.3. The minimum absolute atomic E-state index is 0. The van der Waals surface area contributed by atoms with Crippen molar-refractivity contribution in [1.82, 2.24) is 0 Å².